The second kappa shape index (κ2) is 9.02. The number of benzene rings is 1. The number of carbonyl (C=O) groups excluding carboxylic acids is 2. The molecule has 0 saturated carbocycles. The molecule has 1 saturated heterocycles. The van der Waals surface area contributed by atoms with Crippen LogP contribution in [0.2, 0.25) is 0 Å². The number of primary amides is 1. The van der Waals surface area contributed by atoms with E-state index in [4.69, 9.17) is 15.2 Å². The lowest BCUT2D eigenvalue weighted by Crippen LogP contribution is -2.47. The van der Waals surface area contributed by atoms with Gasteiger partial charge in [0.2, 0.25) is 0 Å². The second-order valence-electron chi connectivity index (χ2n) is 8.17. The van der Waals surface area contributed by atoms with Crippen molar-refractivity contribution in [2.24, 2.45) is 11.7 Å². The highest BCUT2D eigenvalue weighted by Crippen LogP contribution is 2.55. The Morgan fingerprint density at radius 3 is 2.29 bits per heavy atom. The van der Waals surface area contributed by atoms with Gasteiger partial charge < -0.3 is 20.5 Å². The van der Waals surface area contributed by atoms with Crippen LogP contribution in [0.25, 0.3) is 0 Å². The highest BCUT2D eigenvalue weighted by Gasteiger charge is 2.66. The summed E-state index contributed by atoms with van der Waals surface area (Å²) < 4.78 is 92.9. The number of aromatic nitrogens is 1. The molecule has 2 heterocycles. The number of ether oxygens (including phenoxy) is 2. The first-order valence-electron chi connectivity index (χ1n) is 10.2. The van der Waals surface area contributed by atoms with Crippen LogP contribution in [-0.4, -0.2) is 41.8 Å². The van der Waals surface area contributed by atoms with Crippen molar-refractivity contribution in [3.63, 3.8) is 0 Å². The van der Waals surface area contributed by atoms with E-state index in [1.54, 1.807) is 0 Å². The molecule has 0 bridgehead atoms. The number of halogens is 6. The molecular weight excluding hydrogens is 484 g/mol. The van der Waals surface area contributed by atoms with Gasteiger partial charge in [-0.25, -0.2) is 4.98 Å². The number of amides is 2. The van der Waals surface area contributed by atoms with Crippen LogP contribution in [0, 0.1) is 5.92 Å². The molecule has 7 nitrogen and oxygen atoms in total. The average molecular weight is 505 g/mol. The van der Waals surface area contributed by atoms with Crippen molar-refractivity contribution >= 4 is 17.5 Å². The number of alkyl halides is 6. The number of nitrogens with one attached hydrogen (secondary N) is 1. The molecule has 190 valence electrons. The van der Waals surface area contributed by atoms with E-state index in [2.05, 4.69) is 10.3 Å². The number of rotatable bonds is 5. The van der Waals surface area contributed by atoms with E-state index in [9.17, 15) is 35.9 Å². The Labute approximate surface area is 195 Å². The molecule has 0 aliphatic carbocycles. The topological polar surface area (TPSA) is 104 Å². The van der Waals surface area contributed by atoms with Crippen molar-refractivity contribution in [3.05, 3.63) is 53.3 Å². The lowest BCUT2D eigenvalue weighted by Gasteiger charge is -2.32. The summed E-state index contributed by atoms with van der Waals surface area (Å²) in [5.41, 5.74) is 0.670. The van der Waals surface area contributed by atoms with Crippen LogP contribution >= 0.6 is 0 Å². The van der Waals surface area contributed by atoms with Crippen LogP contribution in [0.3, 0.4) is 0 Å². The zero-order valence-electron chi connectivity index (χ0n) is 18.6. The molecule has 1 aromatic heterocycles. The minimum Gasteiger partial charge on any atom is -0.496 e. The van der Waals surface area contributed by atoms with Gasteiger partial charge in [-0.3, -0.25) is 9.59 Å². The van der Waals surface area contributed by atoms with Gasteiger partial charge in [0, 0.05) is 17.4 Å². The van der Waals surface area contributed by atoms with Crippen LogP contribution in [0.5, 0.6) is 5.75 Å². The number of nitrogens with two attached hydrogens (primary N) is 1. The van der Waals surface area contributed by atoms with Crippen LogP contribution in [0.4, 0.5) is 32.0 Å². The maximum Gasteiger partial charge on any atom is 0.419 e. The lowest BCUT2D eigenvalue weighted by molar-refractivity contribution is -0.272. The Morgan fingerprint density at radius 1 is 1.14 bits per heavy atom. The minimum atomic E-state index is -4.95. The van der Waals surface area contributed by atoms with Gasteiger partial charge in [0.05, 0.1) is 24.6 Å². The normalized spacial score (nSPS) is 24.8. The number of hydrogen-bond donors (Lipinski definition) is 2. The minimum absolute atomic E-state index is 0.00613. The molecule has 3 rings (SSSR count). The number of anilines is 1. The number of methoxy groups -OCH3 is 1. The van der Waals surface area contributed by atoms with Crippen molar-refractivity contribution in [2.75, 3.05) is 12.4 Å². The smallest absolute Gasteiger partial charge is 0.419 e. The number of pyridine rings is 1. The maximum atomic E-state index is 14.0. The number of carbonyl (C=O) groups is 2. The molecule has 3 N–H and O–H groups in total. The van der Waals surface area contributed by atoms with Crippen LogP contribution in [-0.2, 0) is 15.7 Å². The van der Waals surface area contributed by atoms with Gasteiger partial charge in [0.15, 0.2) is 5.60 Å². The van der Waals surface area contributed by atoms with Gasteiger partial charge in [0.1, 0.15) is 17.5 Å². The summed E-state index contributed by atoms with van der Waals surface area (Å²) >= 11 is 0. The van der Waals surface area contributed by atoms with Gasteiger partial charge in [-0.15, -0.1) is 0 Å². The van der Waals surface area contributed by atoms with Crippen LogP contribution in [0.15, 0.2) is 36.5 Å². The molecule has 35 heavy (non-hydrogen) atoms. The highest BCUT2D eigenvalue weighted by molar-refractivity contribution is 5.96. The van der Waals surface area contributed by atoms with Gasteiger partial charge in [0.25, 0.3) is 11.8 Å². The van der Waals surface area contributed by atoms with Crippen molar-refractivity contribution < 1.29 is 45.4 Å². The van der Waals surface area contributed by atoms with Crippen molar-refractivity contribution in [1.82, 2.24) is 4.98 Å². The molecule has 0 unspecified atom stereocenters. The summed E-state index contributed by atoms with van der Waals surface area (Å²) in [6.45, 7) is 1.88. The molecule has 2 amide bonds. The zero-order chi connectivity index (χ0) is 26.3. The van der Waals surface area contributed by atoms with Crippen molar-refractivity contribution in [1.29, 1.82) is 0 Å². The van der Waals surface area contributed by atoms with E-state index < -0.39 is 59.0 Å². The molecule has 1 aromatic carbocycles. The highest BCUT2D eigenvalue weighted by atomic mass is 19.4. The molecule has 0 radical (unpaired) electrons. The van der Waals surface area contributed by atoms with Gasteiger partial charge in [-0.2, -0.15) is 26.3 Å². The molecule has 2 aromatic rings. The molecule has 1 fully saturated rings. The largest absolute Gasteiger partial charge is 0.496 e. The molecule has 0 spiro atoms. The summed E-state index contributed by atoms with van der Waals surface area (Å²) in [6.07, 6.45) is -10.6. The molecule has 4 atom stereocenters. The number of hydrogen-bond acceptors (Lipinski definition) is 5. The first kappa shape index (κ1) is 26.3. The third-order valence-corrected chi connectivity index (χ3v) is 6.12. The average Bonchev–Trinajstić information content (AvgIpc) is 3.04. The van der Waals surface area contributed by atoms with Crippen LogP contribution in [0.1, 0.15) is 41.4 Å². The van der Waals surface area contributed by atoms with E-state index in [0.717, 1.165) is 39.3 Å². The van der Waals surface area contributed by atoms with E-state index in [-0.39, 0.29) is 16.9 Å². The Hall–Kier alpha value is -3.35. The van der Waals surface area contributed by atoms with E-state index in [1.165, 1.54) is 18.2 Å². The summed E-state index contributed by atoms with van der Waals surface area (Å²) in [4.78, 5) is 28.0. The van der Waals surface area contributed by atoms with Gasteiger partial charge in [-0.1, -0.05) is 19.1 Å². The first-order chi connectivity index (χ1) is 16.1. The summed E-state index contributed by atoms with van der Waals surface area (Å²) in [6, 6.07) is 5.35. The third-order valence-electron chi connectivity index (χ3n) is 6.12. The Kier molecular flexibility index (Phi) is 6.77. The monoisotopic (exact) mass is 505 g/mol. The fourth-order valence-electron chi connectivity index (χ4n) is 4.12. The second-order valence-corrected chi connectivity index (χ2v) is 8.17. The predicted molar refractivity (Wildman–Crippen MR) is 111 cm³/mol. The fraction of sp³-hybridized carbons (Fsp3) is 0.409. The number of nitrogens with zero attached hydrogens (tertiary/aromatic N) is 1. The van der Waals surface area contributed by atoms with E-state index >= 15 is 0 Å². The Bertz CT molecular complexity index is 1120. The summed E-state index contributed by atoms with van der Waals surface area (Å²) in [5.74, 6) is -5.53. The summed E-state index contributed by atoms with van der Waals surface area (Å²) in [7, 11) is 0.957. The Balaban J connectivity index is 2.08. The number of para-hydroxylation sites is 1. The molecule has 1 aliphatic rings. The zero-order valence-corrected chi connectivity index (χ0v) is 18.6. The fourth-order valence-corrected chi connectivity index (χ4v) is 4.12. The van der Waals surface area contributed by atoms with Gasteiger partial charge in [-0.05, 0) is 25.1 Å². The van der Waals surface area contributed by atoms with E-state index in [0.29, 0.717) is 0 Å². The standard InChI is InChI=1S/C22H21F6N3O4/c1-10-15(12-5-4-6-13(16(12)34-3)21(23,24)25)17(35-20(10,2)22(26,27)28)19(33)31-11-7-8-14(18(29)32)30-9-11/h4-10,15,17H,1-3H3,(H2,29,32)(H,31,33)/t10-,15-,17+,20+/m0/s1. The first-order valence-corrected chi connectivity index (χ1v) is 10.2. The SMILES string of the molecule is COc1c([C@H]2[C@H](C(=O)Nc3ccc(C(N)=O)nc3)O[C@@](C)(C(F)(F)F)[C@H]2C)cccc1C(F)(F)F. The molecule has 13 heteroatoms. The maximum absolute atomic E-state index is 14.0. The van der Waals surface area contributed by atoms with Crippen molar-refractivity contribution in [2.45, 2.75) is 43.8 Å². The quantitative estimate of drug-likeness (QED) is 0.591. The van der Waals surface area contributed by atoms with Crippen molar-refractivity contribution in [3.8, 4) is 5.75 Å². The van der Waals surface area contributed by atoms with Crippen LogP contribution < -0.4 is 15.8 Å². The van der Waals surface area contributed by atoms with E-state index in [1.807, 2.05) is 0 Å². The molecular formula is C22H21F6N3O4. The predicted octanol–water partition coefficient (Wildman–Crippen LogP) is 4.29. The molecule has 1 aliphatic heterocycles. The van der Waals surface area contributed by atoms with Gasteiger partial charge >= 0.3 is 12.4 Å². The Morgan fingerprint density at radius 2 is 1.80 bits per heavy atom. The lowest BCUT2D eigenvalue weighted by atomic mass is 9.76. The third kappa shape index (κ3) is 4.77. The summed E-state index contributed by atoms with van der Waals surface area (Å²) in [5, 5.41) is 2.33.